The van der Waals surface area contributed by atoms with Gasteiger partial charge in [-0.25, -0.2) is 8.42 Å². The summed E-state index contributed by atoms with van der Waals surface area (Å²) in [6.07, 6.45) is 0. The highest BCUT2D eigenvalue weighted by Gasteiger charge is 2.27. The van der Waals surface area contributed by atoms with Crippen molar-refractivity contribution in [1.29, 1.82) is 0 Å². The number of rotatable bonds is 5. The molecule has 0 saturated heterocycles. The van der Waals surface area contributed by atoms with E-state index in [1.54, 1.807) is 30.6 Å². The maximum absolute atomic E-state index is 12.6. The third-order valence-electron chi connectivity index (χ3n) is 3.29. The van der Waals surface area contributed by atoms with Crippen molar-refractivity contribution >= 4 is 44.6 Å². The molecule has 1 unspecified atom stereocenters. The van der Waals surface area contributed by atoms with Crippen LogP contribution in [0.1, 0.15) is 24.1 Å². The smallest absolute Gasteiger partial charge is 0.206 e. The minimum atomic E-state index is -3.54. The number of thiophene rings is 1. The number of hydrogen-bond acceptors (Lipinski definition) is 3. The molecular weight excluding hydrogens is 349 g/mol. The number of nitrogens with zero attached hydrogens (tertiary/aromatic N) is 1. The molecule has 2 rings (SSSR count). The maximum atomic E-state index is 12.6. The maximum Gasteiger partial charge on any atom is 0.252 e. The predicted octanol–water partition coefficient (Wildman–Crippen LogP) is 4.52. The Morgan fingerprint density at radius 3 is 2.62 bits per heavy atom. The van der Waals surface area contributed by atoms with E-state index in [1.807, 2.05) is 19.1 Å². The zero-order chi connectivity index (χ0) is 15.6. The van der Waals surface area contributed by atoms with Gasteiger partial charge in [-0.2, -0.15) is 4.31 Å². The largest absolute Gasteiger partial charge is 0.252 e. The molecule has 2 aromatic rings. The van der Waals surface area contributed by atoms with Crippen LogP contribution < -0.4 is 0 Å². The SMILES string of the molecule is CC(c1cccc(Cl)c1)N(C)S(=O)(=O)c1cc(CCl)cs1. The van der Waals surface area contributed by atoms with Crippen molar-refractivity contribution in [2.75, 3.05) is 7.05 Å². The molecule has 0 fully saturated rings. The van der Waals surface area contributed by atoms with Gasteiger partial charge in [-0.1, -0.05) is 23.7 Å². The lowest BCUT2D eigenvalue weighted by molar-refractivity contribution is 0.399. The van der Waals surface area contributed by atoms with Gasteiger partial charge in [0.1, 0.15) is 4.21 Å². The molecule has 0 spiro atoms. The summed E-state index contributed by atoms with van der Waals surface area (Å²) < 4.78 is 26.9. The number of halogens is 2. The topological polar surface area (TPSA) is 37.4 Å². The van der Waals surface area contributed by atoms with Gasteiger partial charge in [-0.05, 0) is 41.6 Å². The highest BCUT2D eigenvalue weighted by atomic mass is 35.5. The summed E-state index contributed by atoms with van der Waals surface area (Å²) in [5.74, 6) is 0.305. The van der Waals surface area contributed by atoms with Crippen molar-refractivity contribution in [3.8, 4) is 0 Å². The standard InChI is InChI=1S/C14H15Cl2NO2S2/c1-10(12-4-3-5-13(16)7-12)17(2)21(18,19)14-6-11(8-15)9-20-14/h3-7,9-10H,8H2,1-2H3. The summed E-state index contributed by atoms with van der Waals surface area (Å²) >= 11 is 12.9. The molecule has 0 bridgehead atoms. The second-order valence-corrected chi connectivity index (χ2v) is 8.50. The van der Waals surface area contributed by atoms with Gasteiger partial charge in [0.2, 0.25) is 0 Å². The fraction of sp³-hybridized carbons (Fsp3) is 0.286. The molecule has 114 valence electrons. The van der Waals surface area contributed by atoms with Crippen LogP contribution in [-0.2, 0) is 15.9 Å². The fourth-order valence-corrected chi connectivity index (χ4v) is 5.07. The molecule has 0 amide bonds. The van der Waals surface area contributed by atoms with Crippen LogP contribution in [0.25, 0.3) is 0 Å². The van der Waals surface area contributed by atoms with E-state index in [0.717, 1.165) is 11.1 Å². The molecule has 7 heteroatoms. The van der Waals surface area contributed by atoms with E-state index >= 15 is 0 Å². The summed E-state index contributed by atoms with van der Waals surface area (Å²) in [5.41, 5.74) is 1.66. The van der Waals surface area contributed by atoms with Crippen LogP contribution in [0.5, 0.6) is 0 Å². The van der Waals surface area contributed by atoms with E-state index in [4.69, 9.17) is 23.2 Å². The van der Waals surface area contributed by atoms with Gasteiger partial charge in [0.25, 0.3) is 10.0 Å². The predicted molar refractivity (Wildman–Crippen MR) is 88.7 cm³/mol. The molecule has 21 heavy (non-hydrogen) atoms. The van der Waals surface area contributed by atoms with Crippen molar-refractivity contribution in [3.05, 3.63) is 51.9 Å². The van der Waals surface area contributed by atoms with Gasteiger partial charge in [-0.3, -0.25) is 0 Å². The van der Waals surface area contributed by atoms with Crippen LogP contribution in [-0.4, -0.2) is 19.8 Å². The van der Waals surface area contributed by atoms with Crippen molar-refractivity contribution in [2.24, 2.45) is 0 Å². The van der Waals surface area contributed by atoms with Gasteiger partial charge in [0.15, 0.2) is 0 Å². The van der Waals surface area contributed by atoms with Gasteiger partial charge in [-0.15, -0.1) is 22.9 Å². The van der Waals surface area contributed by atoms with E-state index in [9.17, 15) is 8.42 Å². The Bertz CT molecular complexity index is 728. The lowest BCUT2D eigenvalue weighted by Crippen LogP contribution is -2.29. The van der Waals surface area contributed by atoms with Crippen molar-refractivity contribution in [2.45, 2.75) is 23.1 Å². The molecule has 0 aliphatic heterocycles. The minimum absolute atomic E-state index is 0.300. The Morgan fingerprint density at radius 1 is 1.33 bits per heavy atom. The number of hydrogen-bond donors (Lipinski definition) is 0. The molecule has 0 aliphatic carbocycles. The Kier molecular flexibility index (Phi) is 5.33. The first-order chi connectivity index (χ1) is 9.86. The van der Waals surface area contributed by atoms with E-state index in [1.165, 1.54) is 15.6 Å². The van der Waals surface area contributed by atoms with Crippen LogP contribution in [0.4, 0.5) is 0 Å². The second-order valence-electron chi connectivity index (χ2n) is 4.66. The van der Waals surface area contributed by atoms with Gasteiger partial charge in [0, 0.05) is 24.0 Å². The third kappa shape index (κ3) is 3.60. The first kappa shape index (κ1) is 16.8. The first-order valence-corrected chi connectivity index (χ1v) is 9.46. The normalized spacial score (nSPS) is 13.6. The average molecular weight is 364 g/mol. The number of sulfonamides is 1. The van der Waals surface area contributed by atoms with Gasteiger partial charge >= 0.3 is 0 Å². The van der Waals surface area contributed by atoms with E-state index in [0.29, 0.717) is 15.1 Å². The fourth-order valence-electron chi connectivity index (χ4n) is 1.88. The van der Waals surface area contributed by atoms with Crippen LogP contribution >= 0.6 is 34.5 Å². The van der Waals surface area contributed by atoms with Gasteiger partial charge < -0.3 is 0 Å². The summed E-state index contributed by atoms with van der Waals surface area (Å²) in [6, 6.07) is 8.52. The molecule has 0 radical (unpaired) electrons. The Balaban J connectivity index is 2.31. The summed E-state index contributed by atoms with van der Waals surface area (Å²) in [4.78, 5) is 0. The molecule has 3 nitrogen and oxygen atoms in total. The van der Waals surface area contributed by atoms with Crippen molar-refractivity contribution in [3.63, 3.8) is 0 Å². The molecule has 1 heterocycles. The summed E-state index contributed by atoms with van der Waals surface area (Å²) in [5, 5.41) is 2.35. The molecule has 1 aromatic heterocycles. The summed E-state index contributed by atoms with van der Waals surface area (Å²) in [6.45, 7) is 1.83. The number of alkyl halides is 1. The van der Waals surface area contributed by atoms with E-state index < -0.39 is 10.0 Å². The lowest BCUT2D eigenvalue weighted by Gasteiger charge is -2.24. The van der Waals surface area contributed by atoms with Crippen LogP contribution in [0, 0.1) is 0 Å². The molecule has 0 saturated carbocycles. The monoisotopic (exact) mass is 363 g/mol. The Morgan fingerprint density at radius 2 is 2.05 bits per heavy atom. The highest BCUT2D eigenvalue weighted by Crippen LogP contribution is 2.30. The molecular formula is C14H15Cl2NO2S2. The Hall–Kier alpha value is -0.590. The zero-order valence-corrected chi connectivity index (χ0v) is 14.7. The molecule has 1 atom stereocenters. The lowest BCUT2D eigenvalue weighted by atomic mass is 10.1. The second kappa shape index (κ2) is 6.67. The van der Waals surface area contributed by atoms with E-state index in [-0.39, 0.29) is 6.04 Å². The van der Waals surface area contributed by atoms with Crippen molar-refractivity contribution < 1.29 is 8.42 Å². The van der Waals surface area contributed by atoms with E-state index in [2.05, 4.69) is 0 Å². The van der Waals surface area contributed by atoms with Crippen LogP contribution in [0.15, 0.2) is 39.9 Å². The minimum Gasteiger partial charge on any atom is -0.206 e. The summed E-state index contributed by atoms with van der Waals surface area (Å²) in [7, 11) is -1.97. The quantitative estimate of drug-likeness (QED) is 0.732. The molecule has 0 N–H and O–H groups in total. The first-order valence-electron chi connectivity index (χ1n) is 6.23. The third-order valence-corrected chi connectivity index (χ3v) is 7.23. The number of benzene rings is 1. The molecule has 0 aliphatic rings. The molecule has 1 aromatic carbocycles. The Labute approximate surface area is 139 Å². The average Bonchev–Trinajstić information content (AvgIpc) is 2.95. The van der Waals surface area contributed by atoms with Crippen molar-refractivity contribution in [1.82, 2.24) is 4.31 Å². The zero-order valence-electron chi connectivity index (χ0n) is 11.6. The highest BCUT2D eigenvalue weighted by molar-refractivity contribution is 7.91. The van der Waals surface area contributed by atoms with Crippen LogP contribution in [0.2, 0.25) is 5.02 Å². The van der Waals surface area contributed by atoms with Gasteiger partial charge in [0.05, 0.1) is 0 Å². The van der Waals surface area contributed by atoms with Crippen LogP contribution in [0.3, 0.4) is 0 Å².